The summed E-state index contributed by atoms with van der Waals surface area (Å²) in [5.41, 5.74) is 1.55. The minimum Gasteiger partial charge on any atom is -0.482 e. The lowest BCUT2D eigenvalue weighted by Crippen LogP contribution is -2.31. The molecule has 10 heteroatoms. The maximum Gasteiger partial charge on any atom is 0.341 e. The van der Waals surface area contributed by atoms with Gasteiger partial charge in [-0.3, -0.25) is 0 Å². The maximum absolute atomic E-state index is 13.1. The van der Waals surface area contributed by atoms with Crippen LogP contribution in [-0.4, -0.2) is 26.1 Å². The lowest BCUT2D eigenvalue weighted by atomic mass is 9.87. The van der Waals surface area contributed by atoms with Gasteiger partial charge in [-0.25, -0.2) is 22.3 Å². The Kier molecular flexibility index (Phi) is 7.06. The van der Waals surface area contributed by atoms with Crippen LogP contribution in [0.2, 0.25) is 5.02 Å². The Labute approximate surface area is 201 Å². The van der Waals surface area contributed by atoms with Crippen LogP contribution >= 0.6 is 11.6 Å². The standard InChI is InChI=1S/C24H21ClFNO6S/c25-20-13-17(11-12-23(20)33-16-9-7-15(26)8-10-16)34(30,31)27-21-5-1-4-19-18(21)3-2-6-22(19)32-14-24(28)29/h2-3,6-13,21,27H,1,4-5,14H2,(H,28,29). The first-order valence-electron chi connectivity index (χ1n) is 10.4. The summed E-state index contributed by atoms with van der Waals surface area (Å²) in [4.78, 5) is 10.8. The van der Waals surface area contributed by atoms with Crippen molar-refractivity contribution in [2.75, 3.05) is 6.61 Å². The number of benzene rings is 3. The van der Waals surface area contributed by atoms with Crippen molar-refractivity contribution in [3.05, 3.63) is 82.6 Å². The van der Waals surface area contributed by atoms with Gasteiger partial charge in [0.25, 0.3) is 0 Å². The van der Waals surface area contributed by atoms with Crippen LogP contribution in [0.25, 0.3) is 0 Å². The first kappa shape index (κ1) is 24.0. The van der Waals surface area contributed by atoms with Crippen LogP contribution in [0.4, 0.5) is 4.39 Å². The van der Waals surface area contributed by atoms with Crippen LogP contribution in [0.3, 0.4) is 0 Å². The number of ether oxygens (including phenoxy) is 2. The number of carbonyl (C=O) groups is 1. The molecule has 0 saturated heterocycles. The van der Waals surface area contributed by atoms with Gasteiger partial charge in [0.05, 0.1) is 9.92 Å². The topological polar surface area (TPSA) is 102 Å². The highest BCUT2D eigenvalue weighted by Gasteiger charge is 2.28. The quantitative estimate of drug-likeness (QED) is 0.442. The van der Waals surface area contributed by atoms with Crippen molar-refractivity contribution < 1.29 is 32.2 Å². The van der Waals surface area contributed by atoms with Crippen LogP contribution in [0, 0.1) is 5.82 Å². The first-order chi connectivity index (χ1) is 16.2. The predicted molar refractivity (Wildman–Crippen MR) is 123 cm³/mol. The molecule has 3 aromatic rings. The average molecular weight is 506 g/mol. The van der Waals surface area contributed by atoms with E-state index in [9.17, 15) is 17.6 Å². The second kappa shape index (κ2) is 10.0. The van der Waals surface area contributed by atoms with Gasteiger partial charge in [-0.05, 0) is 78.9 Å². The largest absolute Gasteiger partial charge is 0.482 e. The molecule has 34 heavy (non-hydrogen) atoms. The monoisotopic (exact) mass is 505 g/mol. The second-order valence-corrected chi connectivity index (χ2v) is 9.84. The summed E-state index contributed by atoms with van der Waals surface area (Å²) in [6, 6.07) is 14.2. The van der Waals surface area contributed by atoms with E-state index in [1.807, 2.05) is 6.07 Å². The van der Waals surface area contributed by atoms with Gasteiger partial charge in [-0.2, -0.15) is 0 Å². The maximum atomic E-state index is 13.1. The van der Waals surface area contributed by atoms with Gasteiger partial charge < -0.3 is 14.6 Å². The number of carboxylic acids is 1. The van der Waals surface area contributed by atoms with Gasteiger partial charge in [0, 0.05) is 6.04 Å². The fourth-order valence-electron chi connectivity index (χ4n) is 3.83. The molecule has 0 saturated carbocycles. The third-order valence-corrected chi connectivity index (χ3v) is 7.13. The van der Waals surface area contributed by atoms with E-state index >= 15 is 0 Å². The molecule has 7 nitrogen and oxygen atoms in total. The van der Waals surface area contributed by atoms with Gasteiger partial charge in [-0.15, -0.1) is 0 Å². The molecule has 2 N–H and O–H groups in total. The van der Waals surface area contributed by atoms with Crippen molar-refractivity contribution >= 4 is 27.6 Å². The molecule has 1 aliphatic carbocycles. The summed E-state index contributed by atoms with van der Waals surface area (Å²) in [6.07, 6.45) is 1.94. The molecular weight excluding hydrogens is 485 g/mol. The summed E-state index contributed by atoms with van der Waals surface area (Å²) in [7, 11) is -3.93. The van der Waals surface area contributed by atoms with Gasteiger partial charge in [0.1, 0.15) is 23.1 Å². The Morgan fingerprint density at radius 1 is 1.12 bits per heavy atom. The van der Waals surface area contributed by atoms with Gasteiger partial charge in [0.2, 0.25) is 10.0 Å². The van der Waals surface area contributed by atoms with Crippen molar-refractivity contribution in [1.82, 2.24) is 4.72 Å². The van der Waals surface area contributed by atoms with E-state index in [4.69, 9.17) is 26.2 Å². The molecule has 0 radical (unpaired) electrons. The van der Waals surface area contributed by atoms with E-state index in [1.54, 1.807) is 12.1 Å². The van der Waals surface area contributed by atoms with E-state index in [-0.39, 0.29) is 15.7 Å². The normalized spacial score (nSPS) is 15.4. The van der Waals surface area contributed by atoms with E-state index in [0.29, 0.717) is 30.8 Å². The van der Waals surface area contributed by atoms with E-state index in [1.165, 1.54) is 42.5 Å². The average Bonchev–Trinajstić information content (AvgIpc) is 2.80. The minimum atomic E-state index is -3.93. The number of sulfonamides is 1. The van der Waals surface area contributed by atoms with E-state index in [2.05, 4.69) is 4.72 Å². The van der Waals surface area contributed by atoms with Crippen molar-refractivity contribution in [3.8, 4) is 17.2 Å². The molecule has 0 heterocycles. The summed E-state index contributed by atoms with van der Waals surface area (Å²) >= 11 is 6.27. The van der Waals surface area contributed by atoms with Crippen LogP contribution in [-0.2, 0) is 21.2 Å². The molecule has 0 aromatic heterocycles. The lowest BCUT2D eigenvalue weighted by Gasteiger charge is -2.27. The van der Waals surface area contributed by atoms with Crippen LogP contribution in [0.1, 0.15) is 30.0 Å². The first-order valence-corrected chi connectivity index (χ1v) is 12.3. The SMILES string of the molecule is O=C(O)COc1cccc2c1CCCC2NS(=O)(=O)c1ccc(Oc2ccc(F)cc2)c(Cl)c1. The molecule has 0 fully saturated rings. The number of aliphatic carboxylic acids is 1. The second-order valence-electron chi connectivity index (χ2n) is 7.72. The summed E-state index contributed by atoms with van der Waals surface area (Å²) in [5.74, 6) is -0.466. The number of carboxylic acid groups (broad SMARTS) is 1. The lowest BCUT2D eigenvalue weighted by molar-refractivity contribution is -0.139. The molecule has 0 amide bonds. The molecule has 3 aromatic carbocycles. The number of hydrogen-bond donors (Lipinski definition) is 2. The Hall–Kier alpha value is -3.14. The molecular formula is C24H21ClFNO6S. The number of nitrogens with one attached hydrogen (secondary N) is 1. The molecule has 0 aliphatic heterocycles. The van der Waals surface area contributed by atoms with Crippen molar-refractivity contribution in [2.24, 2.45) is 0 Å². The molecule has 0 spiro atoms. The molecule has 1 unspecified atom stereocenters. The minimum absolute atomic E-state index is 0.0330. The Morgan fingerprint density at radius 3 is 2.59 bits per heavy atom. The summed E-state index contributed by atoms with van der Waals surface area (Å²) < 4.78 is 53.0. The number of halogens is 2. The summed E-state index contributed by atoms with van der Waals surface area (Å²) in [5, 5.41) is 8.98. The highest BCUT2D eigenvalue weighted by molar-refractivity contribution is 7.89. The highest BCUT2D eigenvalue weighted by Crippen LogP contribution is 2.37. The van der Waals surface area contributed by atoms with Crippen LogP contribution in [0.5, 0.6) is 17.2 Å². The Balaban J connectivity index is 1.54. The number of rotatable bonds is 8. The fraction of sp³-hybridized carbons (Fsp3) is 0.208. The predicted octanol–water partition coefficient (Wildman–Crippen LogP) is 5.09. The number of hydrogen-bond acceptors (Lipinski definition) is 5. The van der Waals surface area contributed by atoms with Crippen molar-refractivity contribution in [3.63, 3.8) is 0 Å². The molecule has 0 bridgehead atoms. The van der Waals surface area contributed by atoms with Crippen LogP contribution in [0.15, 0.2) is 65.6 Å². The summed E-state index contributed by atoms with van der Waals surface area (Å²) in [6.45, 7) is -0.475. The van der Waals surface area contributed by atoms with Crippen LogP contribution < -0.4 is 14.2 Å². The van der Waals surface area contributed by atoms with Crippen molar-refractivity contribution in [2.45, 2.75) is 30.2 Å². The third kappa shape index (κ3) is 5.49. The van der Waals surface area contributed by atoms with Gasteiger partial charge in [0.15, 0.2) is 6.61 Å². The third-order valence-electron chi connectivity index (χ3n) is 5.37. The smallest absolute Gasteiger partial charge is 0.341 e. The van der Waals surface area contributed by atoms with Gasteiger partial charge in [-0.1, -0.05) is 23.7 Å². The molecule has 1 aliphatic rings. The molecule has 1 atom stereocenters. The number of fused-ring (bicyclic) bond motifs is 1. The zero-order valence-corrected chi connectivity index (χ0v) is 19.4. The Bertz CT molecular complexity index is 1310. The zero-order valence-electron chi connectivity index (χ0n) is 17.8. The Morgan fingerprint density at radius 2 is 1.88 bits per heavy atom. The van der Waals surface area contributed by atoms with Crippen molar-refractivity contribution in [1.29, 1.82) is 0 Å². The fourth-order valence-corrected chi connectivity index (χ4v) is 5.39. The zero-order chi connectivity index (χ0) is 24.3. The molecule has 4 rings (SSSR count). The van der Waals surface area contributed by atoms with E-state index in [0.717, 1.165) is 11.1 Å². The molecule has 178 valence electrons. The van der Waals surface area contributed by atoms with E-state index < -0.39 is 34.5 Å². The highest BCUT2D eigenvalue weighted by atomic mass is 35.5. The van der Waals surface area contributed by atoms with Gasteiger partial charge >= 0.3 is 5.97 Å².